The minimum Gasteiger partial charge on any atom is -0.504 e. The van der Waals surface area contributed by atoms with Crippen molar-refractivity contribution in [2.45, 2.75) is 32.6 Å². The van der Waals surface area contributed by atoms with Crippen LogP contribution in [0.5, 0.6) is 11.5 Å². The van der Waals surface area contributed by atoms with Gasteiger partial charge in [0.15, 0.2) is 11.5 Å². The van der Waals surface area contributed by atoms with E-state index in [1.54, 1.807) is 12.1 Å². The predicted octanol–water partition coefficient (Wildman–Crippen LogP) is 2.96. The molecule has 1 aromatic carbocycles. The van der Waals surface area contributed by atoms with Gasteiger partial charge >= 0.3 is 0 Å². The number of nitrogens with one attached hydrogen (secondary N) is 1. The highest BCUT2D eigenvalue weighted by Gasteiger charge is 2.19. The molecule has 0 radical (unpaired) electrons. The topological polar surface area (TPSA) is 58.6 Å². The maximum atomic E-state index is 12.1. The summed E-state index contributed by atoms with van der Waals surface area (Å²) in [6.07, 6.45) is 4.94. The number of aromatic hydroxyl groups is 1. The van der Waals surface area contributed by atoms with Crippen molar-refractivity contribution >= 4 is 5.91 Å². The Balaban J connectivity index is 1.90. The third-order valence-corrected chi connectivity index (χ3v) is 4.04. The van der Waals surface area contributed by atoms with E-state index in [0.717, 1.165) is 12.5 Å². The molecule has 2 atom stereocenters. The number of benzene rings is 1. The first-order valence-corrected chi connectivity index (χ1v) is 7.25. The van der Waals surface area contributed by atoms with Gasteiger partial charge in [0.05, 0.1) is 7.11 Å². The van der Waals surface area contributed by atoms with E-state index in [9.17, 15) is 9.90 Å². The molecule has 2 unspecified atom stereocenters. The number of phenols is 1. The Hall–Kier alpha value is -1.71. The summed E-state index contributed by atoms with van der Waals surface area (Å²) in [5.41, 5.74) is 0.465. The smallest absolute Gasteiger partial charge is 0.251 e. The summed E-state index contributed by atoms with van der Waals surface area (Å²) in [6, 6.07) is 4.71. The van der Waals surface area contributed by atoms with Crippen LogP contribution in [0.4, 0.5) is 0 Å². The summed E-state index contributed by atoms with van der Waals surface area (Å²) >= 11 is 0. The van der Waals surface area contributed by atoms with Gasteiger partial charge in [0, 0.05) is 12.1 Å². The Morgan fingerprint density at radius 2 is 2.25 bits per heavy atom. The van der Waals surface area contributed by atoms with E-state index in [4.69, 9.17) is 4.74 Å². The zero-order chi connectivity index (χ0) is 14.5. The Morgan fingerprint density at radius 3 is 2.90 bits per heavy atom. The molecule has 1 aliphatic rings. The Bertz CT molecular complexity index is 473. The first kappa shape index (κ1) is 14.7. The van der Waals surface area contributed by atoms with Gasteiger partial charge in [-0.15, -0.1) is 0 Å². The van der Waals surface area contributed by atoms with E-state index in [0.29, 0.717) is 17.2 Å². The SMILES string of the molecule is COc1ccc(C(=O)NCC2CCCC(C)C2)cc1O. The highest BCUT2D eigenvalue weighted by Crippen LogP contribution is 2.28. The van der Waals surface area contributed by atoms with Crippen LogP contribution in [0.1, 0.15) is 43.0 Å². The van der Waals surface area contributed by atoms with Crippen LogP contribution in [0, 0.1) is 11.8 Å². The molecule has 0 aromatic heterocycles. The second-order valence-corrected chi connectivity index (χ2v) is 5.73. The van der Waals surface area contributed by atoms with Gasteiger partial charge in [-0.25, -0.2) is 0 Å². The standard InChI is InChI=1S/C16H23NO3/c1-11-4-3-5-12(8-11)10-17-16(19)13-6-7-15(20-2)14(18)9-13/h6-7,9,11-12,18H,3-5,8,10H2,1-2H3,(H,17,19). The summed E-state index contributed by atoms with van der Waals surface area (Å²) in [5.74, 6) is 1.57. The number of carbonyl (C=O) groups is 1. The number of rotatable bonds is 4. The number of carbonyl (C=O) groups excluding carboxylic acids is 1. The van der Waals surface area contributed by atoms with Gasteiger partial charge < -0.3 is 15.2 Å². The summed E-state index contributed by atoms with van der Waals surface area (Å²) in [6.45, 7) is 2.99. The molecule has 2 rings (SSSR count). The molecular weight excluding hydrogens is 254 g/mol. The zero-order valence-electron chi connectivity index (χ0n) is 12.2. The van der Waals surface area contributed by atoms with Gasteiger partial charge in [-0.2, -0.15) is 0 Å². The van der Waals surface area contributed by atoms with Crippen LogP contribution >= 0.6 is 0 Å². The lowest BCUT2D eigenvalue weighted by atomic mass is 9.82. The Labute approximate surface area is 120 Å². The van der Waals surface area contributed by atoms with Gasteiger partial charge in [-0.05, 0) is 42.9 Å². The summed E-state index contributed by atoms with van der Waals surface area (Å²) in [4.78, 5) is 12.1. The first-order chi connectivity index (χ1) is 9.60. The van der Waals surface area contributed by atoms with Crippen LogP contribution in [-0.4, -0.2) is 24.7 Å². The lowest BCUT2D eigenvalue weighted by Crippen LogP contribution is -2.31. The Kier molecular flexibility index (Phi) is 4.88. The summed E-state index contributed by atoms with van der Waals surface area (Å²) in [7, 11) is 1.49. The molecule has 0 aliphatic heterocycles. The Morgan fingerprint density at radius 1 is 1.45 bits per heavy atom. The number of hydrogen-bond donors (Lipinski definition) is 2. The second kappa shape index (κ2) is 6.64. The normalized spacial score (nSPS) is 22.3. The molecule has 1 saturated carbocycles. The number of ether oxygens (including phenoxy) is 1. The van der Waals surface area contributed by atoms with Crippen molar-refractivity contribution in [1.82, 2.24) is 5.32 Å². The molecule has 4 heteroatoms. The van der Waals surface area contributed by atoms with E-state index in [2.05, 4.69) is 12.2 Å². The number of phenolic OH excluding ortho intramolecular Hbond substituents is 1. The van der Waals surface area contributed by atoms with Crippen LogP contribution in [0.3, 0.4) is 0 Å². The minimum atomic E-state index is -0.138. The second-order valence-electron chi connectivity index (χ2n) is 5.73. The van der Waals surface area contributed by atoms with Crippen molar-refractivity contribution in [1.29, 1.82) is 0 Å². The molecule has 20 heavy (non-hydrogen) atoms. The largest absolute Gasteiger partial charge is 0.504 e. The molecule has 1 aliphatic carbocycles. The van der Waals surface area contributed by atoms with Gasteiger partial charge in [0.25, 0.3) is 5.91 Å². The predicted molar refractivity (Wildman–Crippen MR) is 78.1 cm³/mol. The molecule has 110 valence electrons. The molecule has 1 aromatic rings. The van der Waals surface area contributed by atoms with Crippen molar-refractivity contribution in [3.8, 4) is 11.5 Å². The summed E-state index contributed by atoms with van der Waals surface area (Å²) < 4.78 is 4.96. The first-order valence-electron chi connectivity index (χ1n) is 7.25. The molecule has 0 spiro atoms. The van der Waals surface area contributed by atoms with Gasteiger partial charge in [0.2, 0.25) is 0 Å². The molecular formula is C16H23NO3. The van der Waals surface area contributed by atoms with E-state index >= 15 is 0 Å². The number of hydrogen-bond acceptors (Lipinski definition) is 3. The van der Waals surface area contributed by atoms with Crippen molar-refractivity contribution in [2.24, 2.45) is 11.8 Å². The van der Waals surface area contributed by atoms with Crippen LogP contribution in [-0.2, 0) is 0 Å². The zero-order valence-corrected chi connectivity index (χ0v) is 12.2. The third-order valence-electron chi connectivity index (χ3n) is 4.04. The molecule has 0 heterocycles. The fourth-order valence-electron chi connectivity index (χ4n) is 2.92. The van der Waals surface area contributed by atoms with E-state index in [1.807, 2.05) is 0 Å². The minimum absolute atomic E-state index is 0.00793. The number of amides is 1. The highest BCUT2D eigenvalue weighted by molar-refractivity contribution is 5.94. The average Bonchev–Trinajstić information content (AvgIpc) is 2.44. The lowest BCUT2D eigenvalue weighted by Gasteiger charge is -2.26. The van der Waals surface area contributed by atoms with Crippen LogP contribution in [0.25, 0.3) is 0 Å². The quantitative estimate of drug-likeness (QED) is 0.889. The molecule has 0 bridgehead atoms. The van der Waals surface area contributed by atoms with Crippen molar-refractivity contribution in [3.05, 3.63) is 23.8 Å². The van der Waals surface area contributed by atoms with Crippen molar-refractivity contribution < 1.29 is 14.6 Å². The molecule has 1 fully saturated rings. The molecule has 0 saturated heterocycles. The van der Waals surface area contributed by atoms with Gasteiger partial charge in [-0.3, -0.25) is 4.79 Å². The highest BCUT2D eigenvalue weighted by atomic mass is 16.5. The number of methoxy groups -OCH3 is 1. The third kappa shape index (κ3) is 3.65. The van der Waals surface area contributed by atoms with Crippen molar-refractivity contribution in [3.63, 3.8) is 0 Å². The van der Waals surface area contributed by atoms with E-state index < -0.39 is 0 Å². The fourth-order valence-corrected chi connectivity index (χ4v) is 2.92. The monoisotopic (exact) mass is 277 g/mol. The molecule has 4 nitrogen and oxygen atoms in total. The maximum absolute atomic E-state index is 12.1. The van der Waals surface area contributed by atoms with Crippen molar-refractivity contribution in [2.75, 3.05) is 13.7 Å². The lowest BCUT2D eigenvalue weighted by molar-refractivity contribution is 0.0940. The van der Waals surface area contributed by atoms with Gasteiger partial charge in [-0.1, -0.05) is 19.8 Å². The molecule has 2 N–H and O–H groups in total. The van der Waals surface area contributed by atoms with Gasteiger partial charge in [0.1, 0.15) is 0 Å². The van der Waals surface area contributed by atoms with Crippen LogP contribution < -0.4 is 10.1 Å². The van der Waals surface area contributed by atoms with Crippen LogP contribution in [0.15, 0.2) is 18.2 Å². The average molecular weight is 277 g/mol. The molecule has 1 amide bonds. The van der Waals surface area contributed by atoms with Crippen LogP contribution in [0.2, 0.25) is 0 Å². The summed E-state index contributed by atoms with van der Waals surface area (Å²) in [5, 5.41) is 12.6. The fraction of sp³-hybridized carbons (Fsp3) is 0.562. The van der Waals surface area contributed by atoms with E-state index in [1.165, 1.54) is 38.9 Å². The maximum Gasteiger partial charge on any atom is 0.251 e. The van der Waals surface area contributed by atoms with E-state index in [-0.39, 0.29) is 11.7 Å².